The Labute approximate surface area is 158 Å². The van der Waals surface area contributed by atoms with Gasteiger partial charge in [0.05, 0.1) is 37.3 Å². The zero-order chi connectivity index (χ0) is 18.3. The van der Waals surface area contributed by atoms with Crippen molar-refractivity contribution < 1.29 is 4.39 Å². The van der Waals surface area contributed by atoms with Gasteiger partial charge in [0, 0.05) is 19.6 Å². The normalized spacial score (nSPS) is 32.3. The lowest BCUT2D eigenvalue weighted by molar-refractivity contribution is -0.149. The van der Waals surface area contributed by atoms with Crippen LogP contribution < -0.4 is 0 Å². The Kier molecular flexibility index (Phi) is 4.11. The van der Waals surface area contributed by atoms with E-state index in [9.17, 15) is 4.39 Å². The van der Waals surface area contributed by atoms with Crippen molar-refractivity contribution in [2.24, 2.45) is 15.6 Å². The van der Waals surface area contributed by atoms with Gasteiger partial charge in [-0.3, -0.25) is 14.7 Å². The van der Waals surface area contributed by atoms with Crippen molar-refractivity contribution in [3.05, 3.63) is 71.5 Å². The molecule has 4 saturated heterocycles. The first kappa shape index (κ1) is 16.7. The molecular formula is C21H22FN5. The van der Waals surface area contributed by atoms with Gasteiger partial charge in [-0.15, -0.1) is 0 Å². The molecule has 4 fully saturated rings. The summed E-state index contributed by atoms with van der Waals surface area (Å²) in [4.78, 5) is 7.45. The highest BCUT2D eigenvalue weighted by atomic mass is 19.1. The summed E-state index contributed by atoms with van der Waals surface area (Å²) in [5.41, 5.74) is 2.98. The Morgan fingerprint density at radius 2 is 1.44 bits per heavy atom. The molecule has 4 aliphatic rings. The van der Waals surface area contributed by atoms with Crippen LogP contribution in [0.25, 0.3) is 0 Å². The fraction of sp³-hybridized carbons (Fsp3) is 0.333. The molecule has 0 unspecified atom stereocenters. The number of benzene rings is 2. The number of nitrogens with zero attached hydrogens (tertiary/aromatic N) is 5. The molecule has 0 amide bonds. The molecule has 6 rings (SSSR count). The number of hydrogen-bond acceptors (Lipinski definition) is 5. The van der Waals surface area contributed by atoms with E-state index in [4.69, 9.17) is 5.10 Å². The van der Waals surface area contributed by atoms with Crippen LogP contribution in [0.4, 0.5) is 4.39 Å². The largest absolute Gasteiger partial charge is 0.276 e. The van der Waals surface area contributed by atoms with E-state index < -0.39 is 0 Å². The van der Waals surface area contributed by atoms with E-state index in [0.29, 0.717) is 0 Å². The average Bonchev–Trinajstić information content (AvgIpc) is 2.66. The fourth-order valence-electron chi connectivity index (χ4n) is 4.71. The molecular weight excluding hydrogens is 341 g/mol. The molecule has 0 atom stereocenters. The predicted molar refractivity (Wildman–Crippen MR) is 104 cm³/mol. The smallest absolute Gasteiger partial charge is 0.123 e. The van der Waals surface area contributed by atoms with E-state index in [1.807, 2.05) is 6.07 Å². The first-order chi connectivity index (χ1) is 13.2. The third kappa shape index (κ3) is 3.20. The summed E-state index contributed by atoms with van der Waals surface area (Å²) < 4.78 is 13.1. The summed E-state index contributed by atoms with van der Waals surface area (Å²) in [5.74, 6) is -0.244. The molecule has 6 heteroatoms. The summed E-state index contributed by atoms with van der Waals surface area (Å²) in [6.07, 6.45) is 1.70. The summed E-state index contributed by atoms with van der Waals surface area (Å²) in [5, 5.41) is 9.10. The van der Waals surface area contributed by atoms with E-state index in [1.165, 1.54) is 12.1 Å². The van der Waals surface area contributed by atoms with E-state index in [1.54, 1.807) is 18.3 Å². The van der Waals surface area contributed by atoms with Gasteiger partial charge in [0.15, 0.2) is 0 Å². The van der Waals surface area contributed by atoms with Crippen molar-refractivity contribution in [2.75, 3.05) is 39.6 Å². The van der Waals surface area contributed by atoms with Crippen molar-refractivity contribution in [3.63, 3.8) is 0 Å². The first-order valence-corrected chi connectivity index (χ1v) is 9.30. The zero-order valence-corrected chi connectivity index (χ0v) is 15.1. The molecule has 27 heavy (non-hydrogen) atoms. The Bertz CT molecular complexity index is 840. The average molecular weight is 363 g/mol. The topological polar surface area (TPSA) is 34.4 Å². The fourth-order valence-corrected chi connectivity index (χ4v) is 4.71. The van der Waals surface area contributed by atoms with Crippen LogP contribution in [-0.4, -0.2) is 66.3 Å². The third-order valence-corrected chi connectivity index (χ3v) is 5.56. The molecule has 2 aromatic rings. The third-order valence-electron chi connectivity index (χ3n) is 5.56. The number of hydrogen-bond donors (Lipinski definition) is 0. The summed E-state index contributed by atoms with van der Waals surface area (Å²) in [6, 6.07) is 16.7. The van der Waals surface area contributed by atoms with Crippen molar-refractivity contribution in [2.45, 2.75) is 0 Å². The van der Waals surface area contributed by atoms with E-state index in [-0.39, 0.29) is 11.2 Å². The Balaban J connectivity index is 1.51. The molecule has 0 radical (unpaired) electrons. The Morgan fingerprint density at radius 1 is 0.852 bits per heavy atom. The van der Waals surface area contributed by atoms with Gasteiger partial charge < -0.3 is 0 Å². The lowest BCUT2D eigenvalue weighted by Gasteiger charge is -2.60. The molecule has 0 aromatic heterocycles. The van der Waals surface area contributed by atoms with Gasteiger partial charge in [-0.25, -0.2) is 4.39 Å². The molecule has 0 saturated carbocycles. The van der Waals surface area contributed by atoms with Crippen LogP contribution in [0.1, 0.15) is 11.1 Å². The molecule has 5 nitrogen and oxygen atoms in total. The lowest BCUT2D eigenvalue weighted by Crippen LogP contribution is -2.74. The minimum absolute atomic E-state index is 0.0315. The molecule has 138 valence electrons. The highest BCUT2D eigenvalue weighted by molar-refractivity contribution is 6.05. The van der Waals surface area contributed by atoms with Gasteiger partial charge >= 0.3 is 0 Å². The van der Waals surface area contributed by atoms with Crippen LogP contribution in [0.3, 0.4) is 0 Å². The zero-order valence-electron chi connectivity index (χ0n) is 15.1. The van der Waals surface area contributed by atoms with Crippen molar-refractivity contribution in [3.8, 4) is 0 Å². The molecule has 0 spiro atoms. The maximum Gasteiger partial charge on any atom is 0.123 e. The van der Waals surface area contributed by atoms with Gasteiger partial charge in [-0.2, -0.15) is 10.2 Å². The summed E-state index contributed by atoms with van der Waals surface area (Å²) in [7, 11) is 0. The van der Waals surface area contributed by atoms with Crippen LogP contribution in [-0.2, 0) is 0 Å². The minimum atomic E-state index is -0.244. The van der Waals surface area contributed by atoms with Crippen LogP contribution >= 0.6 is 0 Å². The quantitative estimate of drug-likeness (QED) is 0.618. The Hall–Kier alpha value is -2.41. The summed E-state index contributed by atoms with van der Waals surface area (Å²) >= 11 is 0. The highest BCUT2D eigenvalue weighted by Crippen LogP contribution is 2.38. The van der Waals surface area contributed by atoms with Gasteiger partial charge in [0.1, 0.15) is 5.82 Å². The van der Waals surface area contributed by atoms with Gasteiger partial charge in [-0.1, -0.05) is 42.5 Å². The van der Waals surface area contributed by atoms with E-state index in [2.05, 4.69) is 44.1 Å². The van der Waals surface area contributed by atoms with E-state index in [0.717, 1.165) is 56.5 Å². The standard InChI is InChI=1S/C21H22FN5/c22-19-8-6-17(7-9-19)10-23-24-20(18-4-2-1-3-5-18)21-11-25-14-26(12-21)16-27(13-21)15-25/h1-10H,11-16H2/b23-10+,24-20-. The van der Waals surface area contributed by atoms with Crippen LogP contribution in [0, 0.1) is 11.2 Å². The minimum Gasteiger partial charge on any atom is -0.276 e. The van der Waals surface area contributed by atoms with Crippen molar-refractivity contribution in [1.82, 2.24) is 14.7 Å². The van der Waals surface area contributed by atoms with Crippen molar-refractivity contribution in [1.29, 1.82) is 0 Å². The molecule has 4 aliphatic heterocycles. The first-order valence-electron chi connectivity index (χ1n) is 9.30. The SMILES string of the molecule is Fc1ccc(/C=N/N=C(/c2ccccc2)C23CN4CN(CN(C4)C2)C3)cc1. The van der Waals surface area contributed by atoms with Gasteiger partial charge in [0.2, 0.25) is 0 Å². The lowest BCUT2D eigenvalue weighted by atomic mass is 9.74. The van der Waals surface area contributed by atoms with Crippen LogP contribution in [0.15, 0.2) is 64.8 Å². The second-order valence-corrected chi connectivity index (χ2v) is 7.80. The molecule has 0 aliphatic carbocycles. The predicted octanol–water partition coefficient (Wildman–Crippen LogP) is 2.45. The second kappa shape index (κ2) is 6.64. The molecule has 0 N–H and O–H groups in total. The summed E-state index contributed by atoms with van der Waals surface area (Å²) in [6.45, 7) is 6.16. The Morgan fingerprint density at radius 3 is 2.04 bits per heavy atom. The molecule has 4 bridgehead atoms. The highest BCUT2D eigenvalue weighted by Gasteiger charge is 2.51. The van der Waals surface area contributed by atoms with Crippen LogP contribution in [0.5, 0.6) is 0 Å². The van der Waals surface area contributed by atoms with Crippen molar-refractivity contribution >= 4 is 11.9 Å². The molecule has 2 aromatic carbocycles. The number of halogens is 1. The maximum atomic E-state index is 13.1. The van der Waals surface area contributed by atoms with Gasteiger partial charge in [-0.05, 0) is 23.3 Å². The maximum absolute atomic E-state index is 13.1. The monoisotopic (exact) mass is 363 g/mol. The second-order valence-electron chi connectivity index (χ2n) is 7.80. The van der Waals surface area contributed by atoms with E-state index >= 15 is 0 Å². The number of rotatable bonds is 4. The molecule has 4 heterocycles. The van der Waals surface area contributed by atoms with Gasteiger partial charge in [0.25, 0.3) is 0 Å². The van der Waals surface area contributed by atoms with Crippen LogP contribution in [0.2, 0.25) is 0 Å².